The van der Waals surface area contributed by atoms with E-state index in [4.69, 9.17) is 9.15 Å². The molecule has 1 aromatic carbocycles. The predicted octanol–water partition coefficient (Wildman–Crippen LogP) is 2.64. The number of nitrogens with zero attached hydrogens (tertiary/aromatic N) is 4. The molecular weight excluding hydrogens is 418 g/mol. The van der Waals surface area contributed by atoms with Gasteiger partial charge in [0, 0.05) is 51.7 Å². The molecule has 1 N–H and O–H groups in total. The third-order valence-corrected chi connectivity index (χ3v) is 5.68. The first-order chi connectivity index (χ1) is 16.2. The van der Waals surface area contributed by atoms with Crippen molar-refractivity contribution >= 4 is 5.91 Å². The summed E-state index contributed by atoms with van der Waals surface area (Å²) in [6.45, 7) is 9.13. The van der Waals surface area contributed by atoms with E-state index in [2.05, 4.69) is 56.3 Å². The maximum Gasteiger partial charge on any atom is 0.273 e. The number of morpholine rings is 1. The lowest BCUT2D eigenvalue weighted by Gasteiger charge is -2.29. The summed E-state index contributed by atoms with van der Waals surface area (Å²) in [4.78, 5) is 25.7. The number of pyridine rings is 1. The molecule has 0 aliphatic carbocycles. The number of ether oxygens (including phenoxy) is 1. The number of rotatable bonds is 10. The fourth-order valence-corrected chi connectivity index (χ4v) is 3.73. The maximum absolute atomic E-state index is 12.5. The Labute approximate surface area is 194 Å². The van der Waals surface area contributed by atoms with E-state index in [0.29, 0.717) is 19.0 Å². The second-order valence-electron chi connectivity index (χ2n) is 8.32. The van der Waals surface area contributed by atoms with Gasteiger partial charge in [0.1, 0.15) is 6.26 Å². The van der Waals surface area contributed by atoms with Gasteiger partial charge in [0.2, 0.25) is 5.89 Å². The first kappa shape index (κ1) is 23.1. The number of nitrogens with one attached hydrogen (secondary N) is 1. The van der Waals surface area contributed by atoms with E-state index in [1.165, 1.54) is 17.4 Å². The summed E-state index contributed by atoms with van der Waals surface area (Å²) >= 11 is 0. The van der Waals surface area contributed by atoms with Gasteiger partial charge in [-0.25, -0.2) is 4.98 Å². The maximum atomic E-state index is 12.5. The molecule has 0 unspecified atom stereocenters. The SMILES string of the molecule is Cc1ccc(CN(CCN2CCOCC2)Cc2nc(C(=O)NCc3cccnc3)co2)cc1. The minimum atomic E-state index is -0.257. The van der Waals surface area contributed by atoms with Crippen LogP contribution < -0.4 is 5.32 Å². The van der Waals surface area contributed by atoms with Crippen LogP contribution in [0.3, 0.4) is 0 Å². The number of carbonyl (C=O) groups is 1. The minimum absolute atomic E-state index is 0.257. The van der Waals surface area contributed by atoms with Gasteiger partial charge in [-0.1, -0.05) is 35.9 Å². The molecule has 2 aromatic heterocycles. The summed E-state index contributed by atoms with van der Waals surface area (Å²) in [7, 11) is 0. The fourth-order valence-electron chi connectivity index (χ4n) is 3.73. The minimum Gasteiger partial charge on any atom is -0.447 e. The monoisotopic (exact) mass is 449 g/mol. The highest BCUT2D eigenvalue weighted by Crippen LogP contribution is 2.12. The molecule has 1 amide bonds. The molecule has 0 atom stereocenters. The Morgan fingerprint density at radius 2 is 1.94 bits per heavy atom. The zero-order valence-electron chi connectivity index (χ0n) is 19.1. The van der Waals surface area contributed by atoms with E-state index in [-0.39, 0.29) is 11.6 Å². The van der Waals surface area contributed by atoms with Crippen LogP contribution in [0, 0.1) is 6.92 Å². The van der Waals surface area contributed by atoms with Crippen molar-refractivity contribution < 1.29 is 13.9 Å². The van der Waals surface area contributed by atoms with Crippen molar-refractivity contribution in [2.75, 3.05) is 39.4 Å². The van der Waals surface area contributed by atoms with E-state index in [1.807, 2.05) is 12.1 Å². The molecule has 0 bridgehead atoms. The first-order valence-electron chi connectivity index (χ1n) is 11.4. The molecule has 3 aromatic rings. The summed E-state index contributed by atoms with van der Waals surface area (Å²) in [5.41, 5.74) is 3.70. The number of amides is 1. The van der Waals surface area contributed by atoms with Crippen molar-refractivity contribution in [3.63, 3.8) is 0 Å². The predicted molar refractivity (Wildman–Crippen MR) is 124 cm³/mol. The number of hydrogen-bond donors (Lipinski definition) is 1. The van der Waals surface area contributed by atoms with E-state index < -0.39 is 0 Å². The summed E-state index contributed by atoms with van der Waals surface area (Å²) in [6.07, 6.45) is 4.86. The molecule has 4 rings (SSSR count). The number of carbonyl (C=O) groups excluding carboxylic acids is 1. The Hall–Kier alpha value is -3.07. The Kier molecular flexibility index (Phi) is 8.19. The fraction of sp³-hybridized carbons (Fsp3) is 0.400. The molecular formula is C25H31N5O3. The van der Waals surface area contributed by atoms with Crippen molar-refractivity contribution in [1.29, 1.82) is 0 Å². The number of aryl methyl sites for hydroxylation is 1. The molecule has 0 spiro atoms. The Morgan fingerprint density at radius 3 is 2.70 bits per heavy atom. The molecule has 1 saturated heterocycles. The highest BCUT2D eigenvalue weighted by molar-refractivity contribution is 5.91. The Morgan fingerprint density at radius 1 is 1.12 bits per heavy atom. The van der Waals surface area contributed by atoms with Gasteiger partial charge in [0.25, 0.3) is 5.91 Å². The van der Waals surface area contributed by atoms with Crippen LogP contribution in [0.15, 0.2) is 59.5 Å². The summed E-state index contributed by atoms with van der Waals surface area (Å²) < 4.78 is 11.1. The second kappa shape index (κ2) is 11.7. The van der Waals surface area contributed by atoms with Crippen LogP contribution in [-0.2, 0) is 24.4 Å². The molecule has 0 radical (unpaired) electrons. The van der Waals surface area contributed by atoms with Crippen LogP contribution in [-0.4, -0.2) is 65.1 Å². The summed E-state index contributed by atoms with van der Waals surface area (Å²) in [5, 5.41) is 2.86. The Bertz CT molecular complexity index is 1000. The Balaban J connectivity index is 1.36. The summed E-state index contributed by atoms with van der Waals surface area (Å²) in [5.74, 6) is 0.280. The van der Waals surface area contributed by atoms with E-state index in [9.17, 15) is 4.79 Å². The van der Waals surface area contributed by atoms with Gasteiger partial charge in [-0.3, -0.25) is 19.6 Å². The van der Waals surface area contributed by atoms with Crippen molar-refractivity contribution in [2.24, 2.45) is 0 Å². The van der Waals surface area contributed by atoms with Gasteiger partial charge in [-0.15, -0.1) is 0 Å². The van der Waals surface area contributed by atoms with Crippen molar-refractivity contribution in [2.45, 2.75) is 26.6 Å². The lowest BCUT2D eigenvalue weighted by molar-refractivity contribution is 0.0320. The average Bonchev–Trinajstić information content (AvgIpc) is 3.32. The van der Waals surface area contributed by atoms with Gasteiger partial charge in [0.15, 0.2) is 5.69 Å². The van der Waals surface area contributed by atoms with Crippen LogP contribution in [0.5, 0.6) is 0 Å². The van der Waals surface area contributed by atoms with Crippen molar-refractivity contribution in [3.8, 4) is 0 Å². The van der Waals surface area contributed by atoms with Crippen molar-refractivity contribution in [1.82, 2.24) is 25.1 Å². The highest BCUT2D eigenvalue weighted by atomic mass is 16.5. The quantitative estimate of drug-likeness (QED) is 0.509. The number of benzene rings is 1. The van der Waals surface area contributed by atoms with Crippen LogP contribution in [0.2, 0.25) is 0 Å². The van der Waals surface area contributed by atoms with E-state index in [1.54, 1.807) is 12.4 Å². The number of oxazole rings is 1. The molecule has 1 aliphatic rings. The third kappa shape index (κ3) is 7.21. The van der Waals surface area contributed by atoms with Crippen molar-refractivity contribution in [3.05, 3.63) is 83.3 Å². The average molecular weight is 450 g/mol. The lowest BCUT2D eigenvalue weighted by Crippen LogP contribution is -2.41. The summed E-state index contributed by atoms with van der Waals surface area (Å²) in [6, 6.07) is 12.3. The van der Waals surface area contributed by atoms with Crippen LogP contribution in [0.1, 0.15) is 33.1 Å². The largest absolute Gasteiger partial charge is 0.447 e. The molecule has 33 heavy (non-hydrogen) atoms. The topological polar surface area (TPSA) is 83.7 Å². The standard InChI is InChI=1S/C25H31N5O3/c1-20-4-6-21(7-5-20)17-30(10-9-29-11-13-32-14-12-29)18-24-28-23(19-33-24)25(31)27-16-22-3-2-8-26-15-22/h2-8,15,19H,9-14,16-18H2,1H3,(H,27,31). The normalized spacial score (nSPS) is 14.5. The van der Waals surface area contributed by atoms with Crippen LogP contribution >= 0.6 is 0 Å². The first-order valence-corrected chi connectivity index (χ1v) is 11.4. The molecule has 8 nitrogen and oxygen atoms in total. The van der Waals surface area contributed by atoms with Gasteiger partial charge < -0.3 is 14.5 Å². The smallest absolute Gasteiger partial charge is 0.273 e. The third-order valence-electron chi connectivity index (χ3n) is 5.68. The molecule has 3 heterocycles. The van der Waals surface area contributed by atoms with Gasteiger partial charge in [-0.05, 0) is 24.1 Å². The number of hydrogen-bond acceptors (Lipinski definition) is 7. The van der Waals surface area contributed by atoms with Crippen LogP contribution in [0.4, 0.5) is 0 Å². The number of aromatic nitrogens is 2. The van der Waals surface area contributed by atoms with Gasteiger partial charge >= 0.3 is 0 Å². The highest BCUT2D eigenvalue weighted by Gasteiger charge is 2.17. The zero-order chi connectivity index (χ0) is 22.9. The molecule has 1 aliphatic heterocycles. The van der Waals surface area contributed by atoms with Crippen LogP contribution in [0.25, 0.3) is 0 Å². The zero-order valence-corrected chi connectivity index (χ0v) is 19.1. The van der Waals surface area contributed by atoms with E-state index in [0.717, 1.165) is 51.5 Å². The molecule has 174 valence electrons. The molecule has 1 fully saturated rings. The second-order valence-corrected chi connectivity index (χ2v) is 8.32. The van der Waals surface area contributed by atoms with E-state index >= 15 is 0 Å². The van der Waals surface area contributed by atoms with Gasteiger partial charge in [0.05, 0.1) is 19.8 Å². The lowest BCUT2D eigenvalue weighted by atomic mass is 10.1. The molecule has 0 saturated carbocycles. The molecule has 8 heteroatoms. The van der Waals surface area contributed by atoms with Gasteiger partial charge in [-0.2, -0.15) is 0 Å².